The Morgan fingerprint density at radius 3 is 2.90 bits per heavy atom. The molecule has 56 valence electrons. The number of thiocarbonyl (C=S) groups is 1. The van der Waals surface area contributed by atoms with Crippen LogP contribution in [0.15, 0.2) is 0 Å². The van der Waals surface area contributed by atoms with Crippen LogP contribution in [0.25, 0.3) is 0 Å². The normalized spacial score (nSPS) is 11.7. The van der Waals surface area contributed by atoms with Gasteiger partial charge in [0, 0.05) is 12.5 Å². The second-order valence-corrected chi connectivity index (χ2v) is 3.21. The number of thiol groups is 1. The second kappa shape index (κ2) is 5.51. The number of hydrogen-bond acceptors (Lipinski definition) is 2. The molecule has 0 aromatic carbocycles. The molecule has 0 aliphatic rings. The maximum atomic E-state index is 8.22. The third-order valence-electron chi connectivity index (χ3n) is 1.06. The predicted octanol–water partition coefficient (Wildman–Crippen LogP) is 1.48. The van der Waals surface area contributed by atoms with E-state index in [2.05, 4.69) is 24.0 Å². The van der Waals surface area contributed by atoms with Crippen molar-refractivity contribution in [2.75, 3.05) is 0 Å². The minimum atomic E-state index is 0.254. The summed E-state index contributed by atoms with van der Waals surface area (Å²) < 4.78 is 0.491. The molecule has 0 saturated carbocycles. The molecule has 1 atom stereocenters. The summed E-state index contributed by atoms with van der Waals surface area (Å²) in [6.07, 6.45) is 1.38. The molecule has 2 nitrogen and oxygen atoms in total. The number of nitrogens with one attached hydrogen (secondary N) is 1. The summed E-state index contributed by atoms with van der Waals surface area (Å²) in [4.78, 5) is 0. The first-order valence-corrected chi connectivity index (χ1v) is 3.88. The van der Waals surface area contributed by atoms with Gasteiger partial charge in [0.25, 0.3) is 0 Å². The first-order chi connectivity index (χ1) is 4.66. The Kier molecular flexibility index (Phi) is 5.36. The first kappa shape index (κ1) is 9.73. The smallest absolute Gasteiger partial charge is 0.130 e. The van der Waals surface area contributed by atoms with Crippen LogP contribution in [0, 0.1) is 11.3 Å². The Balaban J connectivity index is 3.36. The van der Waals surface area contributed by atoms with Crippen molar-refractivity contribution in [3.63, 3.8) is 0 Å². The standard InChI is InChI=1S/C6H10N2S2/c1-5(3-2-4-7)8-6(9)10/h5H,2-3H2,1H3,(H2,8,9,10). The fourth-order valence-corrected chi connectivity index (χ4v) is 0.986. The van der Waals surface area contributed by atoms with Crippen LogP contribution in [0.1, 0.15) is 19.8 Å². The van der Waals surface area contributed by atoms with Gasteiger partial charge in [0.15, 0.2) is 0 Å². The van der Waals surface area contributed by atoms with Crippen molar-refractivity contribution in [3.05, 3.63) is 0 Å². The molecule has 0 amide bonds. The molecular formula is C6H10N2S2. The highest BCUT2D eigenvalue weighted by molar-refractivity contribution is 8.11. The third-order valence-corrected chi connectivity index (χ3v) is 1.31. The third kappa shape index (κ3) is 5.86. The fraction of sp³-hybridized carbons (Fsp3) is 0.667. The summed E-state index contributed by atoms with van der Waals surface area (Å²) in [5.41, 5.74) is 0. The minimum absolute atomic E-state index is 0.254. The lowest BCUT2D eigenvalue weighted by molar-refractivity contribution is 0.624. The fourth-order valence-electron chi connectivity index (χ4n) is 0.564. The summed E-state index contributed by atoms with van der Waals surface area (Å²) in [6, 6.07) is 2.32. The van der Waals surface area contributed by atoms with Gasteiger partial charge < -0.3 is 5.32 Å². The minimum Gasteiger partial charge on any atom is -0.369 e. The molecule has 0 aliphatic carbocycles. The van der Waals surface area contributed by atoms with Crippen LogP contribution in [0.5, 0.6) is 0 Å². The lowest BCUT2D eigenvalue weighted by Gasteiger charge is -2.10. The topological polar surface area (TPSA) is 35.8 Å². The summed E-state index contributed by atoms with van der Waals surface area (Å²) in [6.45, 7) is 1.97. The van der Waals surface area contributed by atoms with E-state index >= 15 is 0 Å². The molecule has 0 spiro atoms. The average molecular weight is 174 g/mol. The van der Waals surface area contributed by atoms with Crippen LogP contribution >= 0.6 is 24.8 Å². The van der Waals surface area contributed by atoms with Gasteiger partial charge in [-0.2, -0.15) is 5.26 Å². The van der Waals surface area contributed by atoms with Crippen molar-refractivity contribution in [3.8, 4) is 6.07 Å². The zero-order valence-electron chi connectivity index (χ0n) is 5.79. The molecule has 0 radical (unpaired) electrons. The van der Waals surface area contributed by atoms with Crippen LogP contribution in [0.3, 0.4) is 0 Å². The Labute approximate surface area is 72.0 Å². The lowest BCUT2D eigenvalue weighted by atomic mass is 10.2. The molecule has 0 bridgehead atoms. The number of rotatable bonds is 3. The molecule has 0 fully saturated rings. The largest absolute Gasteiger partial charge is 0.369 e. The van der Waals surface area contributed by atoms with Gasteiger partial charge in [-0.3, -0.25) is 0 Å². The van der Waals surface area contributed by atoms with E-state index in [9.17, 15) is 0 Å². The van der Waals surface area contributed by atoms with Crippen LogP contribution in [-0.4, -0.2) is 10.4 Å². The summed E-state index contributed by atoms with van der Waals surface area (Å²) in [5, 5.41) is 11.1. The van der Waals surface area contributed by atoms with Gasteiger partial charge in [0.05, 0.1) is 6.07 Å². The quantitative estimate of drug-likeness (QED) is 0.502. The van der Waals surface area contributed by atoms with Crippen molar-refractivity contribution in [1.82, 2.24) is 5.32 Å². The van der Waals surface area contributed by atoms with Gasteiger partial charge in [0.2, 0.25) is 0 Å². The molecule has 0 aliphatic heterocycles. The second-order valence-electron chi connectivity index (χ2n) is 2.05. The zero-order chi connectivity index (χ0) is 7.98. The predicted molar refractivity (Wildman–Crippen MR) is 49.0 cm³/mol. The van der Waals surface area contributed by atoms with E-state index in [1.807, 2.05) is 6.92 Å². The van der Waals surface area contributed by atoms with Gasteiger partial charge in [-0.25, -0.2) is 0 Å². The molecule has 0 rings (SSSR count). The molecule has 0 heterocycles. The van der Waals surface area contributed by atoms with Crippen LogP contribution in [-0.2, 0) is 0 Å². The van der Waals surface area contributed by atoms with Gasteiger partial charge in [0.1, 0.15) is 4.32 Å². The number of hydrogen-bond donors (Lipinski definition) is 2. The van der Waals surface area contributed by atoms with E-state index in [-0.39, 0.29) is 6.04 Å². The van der Waals surface area contributed by atoms with E-state index in [4.69, 9.17) is 17.5 Å². The van der Waals surface area contributed by atoms with Crippen LogP contribution in [0.4, 0.5) is 0 Å². The van der Waals surface area contributed by atoms with E-state index < -0.39 is 0 Å². The Hall–Kier alpha value is -0.270. The van der Waals surface area contributed by atoms with E-state index in [0.29, 0.717) is 10.7 Å². The monoisotopic (exact) mass is 174 g/mol. The maximum absolute atomic E-state index is 8.22. The highest BCUT2D eigenvalue weighted by Crippen LogP contribution is 1.95. The summed E-state index contributed by atoms with van der Waals surface area (Å²) >= 11 is 8.59. The first-order valence-electron chi connectivity index (χ1n) is 3.03. The SMILES string of the molecule is CC(CCC#N)NC(=S)S. The van der Waals surface area contributed by atoms with E-state index in [0.717, 1.165) is 6.42 Å². The highest BCUT2D eigenvalue weighted by Gasteiger charge is 1.99. The van der Waals surface area contributed by atoms with Gasteiger partial charge in [-0.1, -0.05) is 12.2 Å². The lowest BCUT2D eigenvalue weighted by Crippen LogP contribution is -2.27. The molecule has 1 unspecified atom stereocenters. The molecular weight excluding hydrogens is 164 g/mol. The number of nitrogens with zero attached hydrogens (tertiary/aromatic N) is 1. The van der Waals surface area contributed by atoms with E-state index in [1.54, 1.807) is 0 Å². The van der Waals surface area contributed by atoms with Crippen LogP contribution in [0.2, 0.25) is 0 Å². The molecule has 4 heteroatoms. The highest BCUT2D eigenvalue weighted by atomic mass is 32.1. The Bertz CT molecular complexity index is 150. The van der Waals surface area contributed by atoms with Crippen molar-refractivity contribution in [2.45, 2.75) is 25.8 Å². The van der Waals surface area contributed by atoms with Crippen molar-refractivity contribution >= 4 is 29.2 Å². The van der Waals surface area contributed by atoms with Gasteiger partial charge in [-0.15, -0.1) is 12.6 Å². The maximum Gasteiger partial charge on any atom is 0.130 e. The molecule has 10 heavy (non-hydrogen) atoms. The molecule has 0 aromatic rings. The Morgan fingerprint density at radius 1 is 1.90 bits per heavy atom. The molecule has 1 N–H and O–H groups in total. The molecule has 0 saturated heterocycles. The van der Waals surface area contributed by atoms with Gasteiger partial charge in [-0.05, 0) is 13.3 Å². The van der Waals surface area contributed by atoms with Crippen molar-refractivity contribution in [2.24, 2.45) is 0 Å². The number of nitriles is 1. The average Bonchev–Trinajstić information content (AvgIpc) is 1.82. The van der Waals surface area contributed by atoms with Crippen molar-refractivity contribution in [1.29, 1.82) is 5.26 Å². The van der Waals surface area contributed by atoms with Crippen LogP contribution < -0.4 is 5.32 Å². The zero-order valence-corrected chi connectivity index (χ0v) is 7.51. The summed E-state index contributed by atoms with van der Waals surface area (Å²) in [7, 11) is 0. The van der Waals surface area contributed by atoms with Gasteiger partial charge >= 0.3 is 0 Å². The Morgan fingerprint density at radius 2 is 2.50 bits per heavy atom. The molecule has 0 aromatic heterocycles. The van der Waals surface area contributed by atoms with E-state index in [1.165, 1.54) is 0 Å². The summed E-state index contributed by atoms with van der Waals surface area (Å²) in [5.74, 6) is 0. The van der Waals surface area contributed by atoms with Crippen molar-refractivity contribution < 1.29 is 0 Å².